The maximum absolute atomic E-state index is 11.8. The molecule has 1 spiro atoms. The molecule has 1 aromatic rings. The van der Waals surface area contributed by atoms with Crippen molar-refractivity contribution < 1.29 is 13.2 Å². The number of halogens is 3. The molecular weight excluding hydrogens is 572 g/mol. The van der Waals surface area contributed by atoms with Gasteiger partial charge in [0.2, 0.25) is 0 Å². The van der Waals surface area contributed by atoms with Crippen LogP contribution < -0.4 is 0 Å². The molecule has 1 saturated carbocycles. The smallest absolute Gasteiger partial charge is 0.175 e. The second kappa shape index (κ2) is 7.19. The highest BCUT2D eigenvalue weighted by atomic mass is 79.9. The SMILES string of the molecule is COC1(Br)C=C(Br)C(C2=C(c3ccc(S(C)(=O)=O)cc3)CC3(CC3)C2)C=C1Br. The quantitative estimate of drug-likeness (QED) is 0.383. The van der Waals surface area contributed by atoms with Crippen LogP contribution in [-0.4, -0.2) is 26.3 Å². The van der Waals surface area contributed by atoms with Crippen LogP contribution in [0.1, 0.15) is 31.2 Å². The predicted molar refractivity (Wildman–Crippen MR) is 124 cm³/mol. The summed E-state index contributed by atoms with van der Waals surface area (Å²) < 4.78 is 30.6. The number of hydrogen-bond acceptors (Lipinski definition) is 3. The molecule has 28 heavy (non-hydrogen) atoms. The molecule has 7 heteroatoms. The maximum atomic E-state index is 11.8. The molecule has 0 heterocycles. The third-order valence-electron chi connectivity index (χ3n) is 6.02. The van der Waals surface area contributed by atoms with Crippen LogP contribution in [0.25, 0.3) is 5.57 Å². The average Bonchev–Trinajstić information content (AvgIpc) is 3.29. The van der Waals surface area contributed by atoms with Gasteiger partial charge in [-0.25, -0.2) is 8.42 Å². The van der Waals surface area contributed by atoms with Crippen LogP contribution in [0, 0.1) is 11.3 Å². The average molecular weight is 593 g/mol. The summed E-state index contributed by atoms with van der Waals surface area (Å²) in [6.07, 6.45) is 10.2. The number of methoxy groups -OCH3 is 1. The van der Waals surface area contributed by atoms with Crippen LogP contribution in [0.5, 0.6) is 0 Å². The fourth-order valence-corrected chi connectivity index (χ4v) is 6.77. The molecule has 0 saturated heterocycles. The van der Waals surface area contributed by atoms with Crippen LogP contribution in [-0.2, 0) is 14.6 Å². The first-order valence-electron chi connectivity index (χ1n) is 9.09. The molecule has 1 aromatic carbocycles. The summed E-state index contributed by atoms with van der Waals surface area (Å²) in [6.45, 7) is 0. The monoisotopic (exact) mass is 590 g/mol. The van der Waals surface area contributed by atoms with E-state index in [0.717, 1.165) is 27.4 Å². The van der Waals surface area contributed by atoms with Gasteiger partial charge in [-0.1, -0.05) is 55.6 Å². The molecule has 0 amide bonds. The van der Waals surface area contributed by atoms with Crippen molar-refractivity contribution in [1.29, 1.82) is 0 Å². The topological polar surface area (TPSA) is 43.4 Å². The molecule has 0 N–H and O–H groups in total. The van der Waals surface area contributed by atoms with Gasteiger partial charge in [0.1, 0.15) is 0 Å². The largest absolute Gasteiger partial charge is 0.358 e. The molecule has 3 nitrogen and oxygen atoms in total. The molecule has 0 aliphatic heterocycles. The molecule has 2 atom stereocenters. The van der Waals surface area contributed by atoms with Crippen LogP contribution >= 0.6 is 47.8 Å². The van der Waals surface area contributed by atoms with Crippen molar-refractivity contribution in [3.05, 3.63) is 56.5 Å². The van der Waals surface area contributed by atoms with Gasteiger partial charge < -0.3 is 4.74 Å². The zero-order chi connectivity index (χ0) is 20.3. The minimum atomic E-state index is -3.19. The van der Waals surface area contributed by atoms with Gasteiger partial charge in [0.05, 0.1) is 4.90 Å². The number of alkyl halides is 1. The lowest BCUT2D eigenvalue weighted by atomic mass is 9.88. The highest BCUT2D eigenvalue weighted by Crippen LogP contribution is 2.64. The summed E-state index contributed by atoms with van der Waals surface area (Å²) >= 11 is 11.1. The van der Waals surface area contributed by atoms with Gasteiger partial charge in [0.25, 0.3) is 0 Å². The molecule has 4 rings (SSSR count). The Kier molecular flexibility index (Phi) is 5.40. The van der Waals surface area contributed by atoms with Gasteiger partial charge in [0.15, 0.2) is 14.3 Å². The fraction of sp³-hybridized carbons (Fsp3) is 0.429. The first-order chi connectivity index (χ1) is 13.1. The third kappa shape index (κ3) is 3.78. The molecule has 0 aromatic heterocycles. The lowest BCUT2D eigenvalue weighted by Crippen LogP contribution is -2.26. The minimum absolute atomic E-state index is 0.153. The van der Waals surface area contributed by atoms with E-state index in [1.807, 2.05) is 12.1 Å². The third-order valence-corrected chi connectivity index (χ3v) is 10.2. The van der Waals surface area contributed by atoms with Crippen molar-refractivity contribution in [2.24, 2.45) is 11.3 Å². The van der Waals surface area contributed by atoms with Crippen molar-refractivity contribution in [2.45, 2.75) is 35.1 Å². The highest BCUT2D eigenvalue weighted by Gasteiger charge is 2.50. The van der Waals surface area contributed by atoms with Gasteiger partial charge in [0, 0.05) is 28.2 Å². The van der Waals surface area contributed by atoms with Crippen molar-refractivity contribution >= 4 is 63.2 Å². The zero-order valence-corrected chi connectivity index (χ0v) is 21.2. The van der Waals surface area contributed by atoms with E-state index in [2.05, 4.69) is 59.9 Å². The summed E-state index contributed by atoms with van der Waals surface area (Å²) in [5.74, 6) is 0.153. The summed E-state index contributed by atoms with van der Waals surface area (Å²) in [5.41, 5.74) is 4.29. The number of ether oxygens (including phenoxy) is 1. The van der Waals surface area contributed by atoms with E-state index in [1.54, 1.807) is 19.2 Å². The maximum Gasteiger partial charge on any atom is 0.175 e. The van der Waals surface area contributed by atoms with Gasteiger partial charge in [-0.05, 0) is 76.4 Å². The normalized spacial score (nSPS) is 29.1. The summed E-state index contributed by atoms with van der Waals surface area (Å²) in [5, 5.41) is 0. The number of benzene rings is 1. The van der Waals surface area contributed by atoms with E-state index in [1.165, 1.54) is 30.2 Å². The summed E-state index contributed by atoms with van der Waals surface area (Å²) in [4.78, 5) is 0.364. The van der Waals surface area contributed by atoms with Crippen molar-refractivity contribution in [3.63, 3.8) is 0 Å². The zero-order valence-electron chi connectivity index (χ0n) is 15.6. The van der Waals surface area contributed by atoms with Gasteiger partial charge in [-0.15, -0.1) is 0 Å². The molecular formula is C21H21Br3O3S. The highest BCUT2D eigenvalue weighted by molar-refractivity contribution is 9.14. The first kappa shape index (κ1) is 21.0. The Bertz CT molecular complexity index is 1020. The van der Waals surface area contributed by atoms with E-state index >= 15 is 0 Å². The second-order valence-electron chi connectivity index (χ2n) is 8.02. The second-order valence-corrected chi connectivity index (χ2v) is 13.0. The number of sulfone groups is 1. The lowest BCUT2D eigenvalue weighted by Gasteiger charge is -2.31. The predicted octanol–water partition coefficient (Wildman–Crippen LogP) is 6.34. The van der Waals surface area contributed by atoms with E-state index in [4.69, 9.17) is 4.74 Å². The first-order valence-corrected chi connectivity index (χ1v) is 13.4. The van der Waals surface area contributed by atoms with E-state index < -0.39 is 14.3 Å². The van der Waals surface area contributed by atoms with Crippen molar-refractivity contribution in [1.82, 2.24) is 0 Å². The summed E-state index contributed by atoms with van der Waals surface area (Å²) in [7, 11) is -1.52. The molecule has 0 bridgehead atoms. The Labute approximate surface area is 191 Å². The Hall–Kier alpha value is -0.210. The van der Waals surface area contributed by atoms with E-state index in [0.29, 0.717) is 10.3 Å². The fourth-order valence-electron chi connectivity index (χ4n) is 4.18. The Morgan fingerprint density at radius 2 is 1.75 bits per heavy atom. The van der Waals surface area contributed by atoms with E-state index in [9.17, 15) is 8.42 Å². The molecule has 3 aliphatic rings. The number of allylic oxidation sites excluding steroid dienone is 4. The molecule has 3 aliphatic carbocycles. The van der Waals surface area contributed by atoms with Gasteiger partial charge >= 0.3 is 0 Å². The molecule has 150 valence electrons. The van der Waals surface area contributed by atoms with Crippen LogP contribution in [0.3, 0.4) is 0 Å². The van der Waals surface area contributed by atoms with Crippen molar-refractivity contribution in [3.8, 4) is 0 Å². The molecule has 2 unspecified atom stereocenters. The Morgan fingerprint density at radius 1 is 1.11 bits per heavy atom. The van der Waals surface area contributed by atoms with Crippen LogP contribution in [0.2, 0.25) is 0 Å². The van der Waals surface area contributed by atoms with Crippen LogP contribution in [0.4, 0.5) is 0 Å². The number of hydrogen-bond donors (Lipinski definition) is 0. The standard InChI is InChI=1S/C21H21Br3O3S/c1-27-21(24)12-18(22)15(9-19(21)23)17-11-20(7-8-20)10-16(17)13-3-5-14(6-4-13)28(2,25)26/h3-6,9,12,15H,7-8,10-11H2,1-2H3. The molecule has 0 radical (unpaired) electrons. The van der Waals surface area contributed by atoms with Crippen LogP contribution in [0.15, 0.2) is 55.9 Å². The van der Waals surface area contributed by atoms with E-state index in [-0.39, 0.29) is 5.92 Å². The van der Waals surface area contributed by atoms with Gasteiger partial charge in [-0.3, -0.25) is 0 Å². The minimum Gasteiger partial charge on any atom is -0.358 e. The van der Waals surface area contributed by atoms with Crippen molar-refractivity contribution in [2.75, 3.05) is 13.4 Å². The Morgan fingerprint density at radius 3 is 2.29 bits per heavy atom. The lowest BCUT2D eigenvalue weighted by molar-refractivity contribution is 0.151. The molecule has 1 fully saturated rings. The Balaban J connectivity index is 1.76. The number of rotatable bonds is 4. The summed E-state index contributed by atoms with van der Waals surface area (Å²) in [6, 6.07) is 7.35. The van der Waals surface area contributed by atoms with Gasteiger partial charge in [-0.2, -0.15) is 0 Å².